The Morgan fingerprint density at radius 3 is 2.14 bits per heavy atom. The molecule has 0 heterocycles. The third-order valence-corrected chi connectivity index (χ3v) is 4.67. The van der Waals surface area contributed by atoms with E-state index in [1.807, 2.05) is 0 Å². The summed E-state index contributed by atoms with van der Waals surface area (Å²) in [5.41, 5.74) is 0.00125. The molecule has 0 amide bonds. The van der Waals surface area contributed by atoms with E-state index in [4.69, 9.17) is 0 Å². The highest BCUT2D eigenvalue weighted by Crippen LogP contribution is 2.41. The molecule has 0 fully saturated rings. The van der Waals surface area contributed by atoms with E-state index >= 15 is 0 Å². The van der Waals surface area contributed by atoms with Crippen LogP contribution in [0, 0.1) is 0 Å². The molecule has 3 aromatic carbocycles. The number of carboxylic acid groups (broad SMARTS) is 1. The Kier molecular flexibility index (Phi) is 5.21. The third kappa shape index (κ3) is 4.05. The molecule has 28 heavy (non-hydrogen) atoms. The van der Waals surface area contributed by atoms with Gasteiger partial charge in [0.2, 0.25) is 0 Å². The van der Waals surface area contributed by atoms with Gasteiger partial charge in [-0.3, -0.25) is 4.55 Å². The fourth-order valence-corrected chi connectivity index (χ4v) is 3.06. The lowest BCUT2D eigenvalue weighted by Crippen LogP contribution is -2.01. The van der Waals surface area contributed by atoms with Gasteiger partial charge in [-0.15, -0.1) is 5.11 Å². The molecule has 9 heteroatoms. The van der Waals surface area contributed by atoms with Crippen molar-refractivity contribution in [2.45, 2.75) is 4.90 Å². The molecule has 0 spiro atoms. The second-order valence-corrected chi connectivity index (χ2v) is 7.12. The highest BCUT2D eigenvalue weighted by Gasteiger charge is 2.21. The van der Waals surface area contributed by atoms with Crippen molar-refractivity contribution in [3.63, 3.8) is 0 Å². The number of rotatable bonds is 5. The lowest BCUT2D eigenvalue weighted by Gasteiger charge is -2.11. The van der Waals surface area contributed by atoms with Gasteiger partial charge in [-0.05, 0) is 35.9 Å². The van der Waals surface area contributed by atoms with E-state index in [2.05, 4.69) is 10.2 Å². The van der Waals surface area contributed by atoms with E-state index in [9.17, 15) is 28.0 Å². The zero-order valence-electron chi connectivity index (χ0n) is 14.2. The first kappa shape index (κ1) is 19.2. The number of hydrogen-bond acceptors (Lipinski definition) is 6. The molecule has 0 saturated carbocycles. The second kappa shape index (κ2) is 7.59. The maximum Gasteiger partial charge on any atom is 0.336 e. The van der Waals surface area contributed by atoms with Crippen molar-refractivity contribution in [1.82, 2.24) is 0 Å². The quantitative estimate of drug-likeness (QED) is 0.430. The van der Waals surface area contributed by atoms with Crippen molar-refractivity contribution < 1.29 is 28.0 Å². The summed E-state index contributed by atoms with van der Waals surface area (Å²) in [5, 5.41) is 27.8. The van der Waals surface area contributed by atoms with Gasteiger partial charge in [-0.1, -0.05) is 36.4 Å². The molecular formula is C19H14N2O6S. The van der Waals surface area contributed by atoms with Crippen molar-refractivity contribution in [2.24, 2.45) is 10.2 Å². The minimum atomic E-state index is -4.65. The first-order valence-corrected chi connectivity index (χ1v) is 9.35. The molecule has 0 aliphatic carbocycles. The van der Waals surface area contributed by atoms with Crippen LogP contribution in [0.2, 0.25) is 0 Å². The normalized spacial score (nSPS) is 11.6. The van der Waals surface area contributed by atoms with Gasteiger partial charge in [0.15, 0.2) is 5.75 Å². The van der Waals surface area contributed by atoms with Crippen LogP contribution in [0.4, 0.5) is 11.4 Å². The Bertz CT molecular complexity index is 1170. The van der Waals surface area contributed by atoms with Crippen LogP contribution in [-0.4, -0.2) is 29.2 Å². The molecule has 0 aliphatic heterocycles. The Morgan fingerprint density at radius 1 is 0.857 bits per heavy atom. The van der Waals surface area contributed by atoms with E-state index in [0.717, 1.165) is 12.1 Å². The summed E-state index contributed by atoms with van der Waals surface area (Å²) in [4.78, 5) is 10.9. The molecule has 0 aliphatic rings. The predicted octanol–water partition coefficient (Wildman–Crippen LogP) is 4.42. The molecule has 0 bridgehead atoms. The van der Waals surface area contributed by atoms with Crippen molar-refractivity contribution >= 4 is 27.5 Å². The lowest BCUT2D eigenvalue weighted by atomic mass is 9.98. The van der Waals surface area contributed by atoms with E-state index in [1.165, 1.54) is 24.3 Å². The third-order valence-electron chi connectivity index (χ3n) is 3.84. The van der Waals surface area contributed by atoms with Crippen molar-refractivity contribution in [3.8, 4) is 16.9 Å². The first-order chi connectivity index (χ1) is 13.3. The Balaban J connectivity index is 2.24. The van der Waals surface area contributed by atoms with Gasteiger partial charge in [0.05, 0.1) is 16.1 Å². The topological polar surface area (TPSA) is 137 Å². The lowest BCUT2D eigenvalue weighted by molar-refractivity contribution is 0.0697. The summed E-state index contributed by atoms with van der Waals surface area (Å²) in [7, 11) is -4.65. The Labute approximate surface area is 160 Å². The molecule has 3 aromatic rings. The van der Waals surface area contributed by atoms with Gasteiger partial charge in [0.1, 0.15) is 5.69 Å². The minimum Gasteiger partial charge on any atom is -0.505 e. The summed E-state index contributed by atoms with van der Waals surface area (Å²) in [6.07, 6.45) is 0. The average Bonchev–Trinajstić information content (AvgIpc) is 2.67. The van der Waals surface area contributed by atoms with E-state index in [1.54, 1.807) is 30.3 Å². The number of aromatic hydroxyl groups is 1. The van der Waals surface area contributed by atoms with Crippen LogP contribution < -0.4 is 0 Å². The maximum atomic E-state index is 11.7. The predicted molar refractivity (Wildman–Crippen MR) is 101 cm³/mol. The van der Waals surface area contributed by atoms with Crippen LogP contribution in [0.15, 0.2) is 81.9 Å². The number of phenolic OH excluding ortho intramolecular Hbond substituents is 1. The fourth-order valence-electron chi connectivity index (χ4n) is 2.53. The zero-order chi connectivity index (χ0) is 20.3. The average molecular weight is 398 g/mol. The van der Waals surface area contributed by atoms with Crippen LogP contribution in [-0.2, 0) is 10.1 Å². The molecule has 8 nitrogen and oxygen atoms in total. The Morgan fingerprint density at radius 2 is 1.50 bits per heavy atom. The molecule has 3 rings (SSSR count). The summed E-state index contributed by atoms with van der Waals surface area (Å²) >= 11 is 0. The van der Waals surface area contributed by atoms with Gasteiger partial charge in [-0.2, -0.15) is 13.5 Å². The number of carbonyl (C=O) groups is 1. The number of benzene rings is 3. The number of phenols is 1. The Hall–Kier alpha value is -3.56. The largest absolute Gasteiger partial charge is 0.505 e. The maximum absolute atomic E-state index is 11.7. The van der Waals surface area contributed by atoms with Gasteiger partial charge in [-0.25, -0.2) is 4.79 Å². The molecule has 0 radical (unpaired) electrons. The number of carboxylic acids is 1. The minimum absolute atomic E-state index is 0.0640. The van der Waals surface area contributed by atoms with E-state index < -0.39 is 26.7 Å². The number of hydrogen-bond donors (Lipinski definition) is 3. The second-order valence-electron chi connectivity index (χ2n) is 5.70. The molecule has 3 N–H and O–H groups in total. The highest BCUT2D eigenvalue weighted by atomic mass is 32.2. The molecular weight excluding hydrogens is 384 g/mol. The SMILES string of the molecule is O=C(O)c1ccccc1-c1cc(S(=O)(=O)O)cc(N=Nc2ccccc2)c1O. The number of azo groups is 1. The fraction of sp³-hybridized carbons (Fsp3) is 0. The summed E-state index contributed by atoms with van der Waals surface area (Å²) < 4.78 is 32.8. The molecule has 0 saturated heterocycles. The van der Waals surface area contributed by atoms with Gasteiger partial charge < -0.3 is 10.2 Å². The van der Waals surface area contributed by atoms with Crippen molar-refractivity contribution in [2.75, 3.05) is 0 Å². The standard InChI is InChI=1S/C19H14N2O6S/c22-18-16(14-8-4-5-9-15(14)19(23)24)10-13(28(25,26)27)11-17(18)21-20-12-6-2-1-3-7-12/h1-11,22H,(H,23,24)(H,25,26,27). The van der Waals surface area contributed by atoms with Crippen LogP contribution in [0.25, 0.3) is 11.1 Å². The van der Waals surface area contributed by atoms with Crippen LogP contribution in [0.5, 0.6) is 5.75 Å². The van der Waals surface area contributed by atoms with Crippen LogP contribution >= 0.6 is 0 Å². The monoisotopic (exact) mass is 398 g/mol. The zero-order valence-corrected chi connectivity index (χ0v) is 15.0. The van der Waals surface area contributed by atoms with Crippen LogP contribution in [0.3, 0.4) is 0 Å². The summed E-state index contributed by atoms with van der Waals surface area (Å²) in [6.45, 7) is 0. The van der Waals surface area contributed by atoms with Gasteiger partial charge >= 0.3 is 5.97 Å². The van der Waals surface area contributed by atoms with E-state index in [-0.39, 0.29) is 22.4 Å². The van der Waals surface area contributed by atoms with Crippen molar-refractivity contribution in [1.29, 1.82) is 0 Å². The molecule has 0 unspecified atom stereocenters. The summed E-state index contributed by atoms with van der Waals surface area (Å²) in [5.74, 6) is -1.74. The van der Waals surface area contributed by atoms with Gasteiger partial charge in [0, 0.05) is 5.56 Å². The highest BCUT2D eigenvalue weighted by molar-refractivity contribution is 7.85. The van der Waals surface area contributed by atoms with Crippen molar-refractivity contribution in [3.05, 3.63) is 72.3 Å². The van der Waals surface area contributed by atoms with Crippen LogP contribution in [0.1, 0.15) is 10.4 Å². The molecule has 0 atom stereocenters. The smallest absolute Gasteiger partial charge is 0.336 e. The van der Waals surface area contributed by atoms with E-state index in [0.29, 0.717) is 5.69 Å². The summed E-state index contributed by atoms with van der Waals surface area (Å²) in [6, 6.07) is 16.2. The molecule has 0 aromatic heterocycles. The number of aromatic carboxylic acids is 1. The number of nitrogens with zero attached hydrogens (tertiary/aromatic N) is 2. The molecule has 142 valence electrons. The first-order valence-electron chi connectivity index (χ1n) is 7.91. The van der Waals surface area contributed by atoms with Gasteiger partial charge in [0.25, 0.3) is 10.1 Å².